The summed E-state index contributed by atoms with van der Waals surface area (Å²) >= 11 is 0. The zero-order valence-corrected chi connectivity index (χ0v) is 15.0. The Labute approximate surface area is 149 Å². The van der Waals surface area contributed by atoms with E-state index in [1.807, 2.05) is 51.1 Å². The van der Waals surface area contributed by atoms with Crippen molar-refractivity contribution in [2.24, 2.45) is 0 Å². The Balaban J connectivity index is 1.56. The summed E-state index contributed by atoms with van der Waals surface area (Å²) in [6.45, 7) is 7.58. The predicted molar refractivity (Wildman–Crippen MR) is 98.8 cm³/mol. The molecule has 0 unspecified atom stereocenters. The molecular weight excluding hydrogens is 314 g/mol. The van der Waals surface area contributed by atoms with Gasteiger partial charge in [-0.2, -0.15) is 0 Å². The third-order valence-electron chi connectivity index (χ3n) is 3.94. The topological polar surface area (TPSA) is 53.6 Å². The predicted octanol–water partition coefficient (Wildman–Crippen LogP) is 4.05. The summed E-state index contributed by atoms with van der Waals surface area (Å²) in [5, 5.41) is 0. The monoisotopic (exact) mass is 339 g/mol. The zero-order valence-electron chi connectivity index (χ0n) is 15.0. The largest absolute Gasteiger partial charge is 0.444 e. The van der Waals surface area contributed by atoms with E-state index < -0.39 is 5.60 Å². The van der Waals surface area contributed by atoms with Gasteiger partial charge in [0.05, 0.1) is 0 Å². The average Bonchev–Trinajstić information content (AvgIpc) is 2.98. The van der Waals surface area contributed by atoms with Gasteiger partial charge in [0, 0.05) is 25.3 Å². The van der Waals surface area contributed by atoms with Crippen molar-refractivity contribution in [3.05, 3.63) is 65.2 Å². The van der Waals surface area contributed by atoms with Gasteiger partial charge in [0.25, 0.3) is 0 Å². The second-order valence-corrected chi connectivity index (χ2v) is 7.28. The molecule has 5 nitrogen and oxygen atoms in total. The molecule has 0 saturated heterocycles. The molecule has 1 amide bonds. The van der Waals surface area contributed by atoms with Gasteiger partial charge in [0.2, 0.25) is 0 Å². The van der Waals surface area contributed by atoms with E-state index >= 15 is 0 Å². The number of carbonyl (C=O) groups is 1. The maximum Gasteiger partial charge on any atom is 0.410 e. The van der Waals surface area contributed by atoms with Gasteiger partial charge in [-0.25, -0.2) is 10.2 Å². The van der Waals surface area contributed by atoms with E-state index in [4.69, 9.17) is 4.74 Å². The lowest BCUT2D eigenvalue weighted by atomic mass is 10.1. The smallest absolute Gasteiger partial charge is 0.410 e. The lowest BCUT2D eigenvalue weighted by Gasteiger charge is -2.24. The van der Waals surface area contributed by atoms with Crippen LogP contribution in [0.3, 0.4) is 0 Å². The molecule has 1 heterocycles. The molecule has 1 aliphatic rings. The number of benzene rings is 2. The molecule has 0 spiro atoms. The summed E-state index contributed by atoms with van der Waals surface area (Å²) in [6, 6.07) is 16.3. The van der Waals surface area contributed by atoms with Gasteiger partial charge in [-0.1, -0.05) is 36.4 Å². The van der Waals surface area contributed by atoms with Gasteiger partial charge in [0.15, 0.2) is 0 Å². The number of ether oxygens (including phenoxy) is 1. The molecule has 1 aliphatic heterocycles. The first kappa shape index (κ1) is 17.3. The summed E-state index contributed by atoms with van der Waals surface area (Å²) in [4.78, 5) is 14.0. The van der Waals surface area contributed by atoms with Crippen molar-refractivity contribution < 1.29 is 9.53 Å². The minimum Gasteiger partial charge on any atom is -0.444 e. The number of hydrazine groups is 1. The quantitative estimate of drug-likeness (QED) is 0.825. The van der Waals surface area contributed by atoms with Crippen LogP contribution in [0, 0.1) is 0 Å². The summed E-state index contributed by atoms with van der Waals surface area (Å²) < 4.78 is 5.46. The van der Waals surface area contributed by atoms with Crippen LogP contribution in [0.4, 0.5) is 10.5 Å². The van der Waals surface area contributed by atoms with Gasteiger partial charge < -0.3 is 10.2 Å². The number of amides is 1. The molecule has 0 fully saturated rings. The van der Waals surface area contributed by atoms with Crippen LogP contribution in [0.1, 0.15) is 37.5 Å². The van der Waals surface area contributed by atoms with E-state index in [1.165, 1.54) is 16.7 Å². The van der Waals surface area contributed by atoms with Crippen molar-refractivity contribution >= 4 is 11.8 Å². The highest BCUT2D eigenvalue weighted by atomic mass is 16.6. The van der Waals surface area contributed by atoms with Crippen molar-refractivity contribution in [1.82, 2.24) is 10.3 Å². The van der Waals surface area contributed by atoms with Crippen molar-refractivity contribution in [1.29, 1.82) is 0 Å². The van der Waals surface area contributed by atoms with E-state index in [0.29, 0.717) is 19.6 Å². The first-order valence-electron chi connectivity index (χ1n) is 8.53. The minimum absolute atomic E-state index is 0.255. The van der Waals surface area contributed by atoms with Gasteiger partial charge >= 0.3 is 6.09 Å². The van der Waals surface area contributed by atoms with Crippen molar-refractivity contribution in [2.75, 3.05) is 5.43 Å². The van der Waals surface area contributed by atoms with Crippen molar-refractivity contribution in [2.45, 2.75) is 46.0 Å². The number of carbonyl (C=O) groups excluding carboxylic acids is 1. The van der Waals surface area contributed by atoms with E-state index in [0.717, 1.165) is 5.69 Å². The van der Waals surface area contributed by atoms with E-state index in [9.17, 15) is 4.79 Å². The normalized spacial score (nSPS) is 13.5. The highest BCUT2D eigenvalue weighted by Crippen LogP contribution is 2.25. The Morgan fingerprint density at radius 3 is 2.52 bits per heavy atom. The molecule has 0 aliphatic carbocycles. The molecule has 3 rings (SSSR count). The first-order chi connectivity index (χ1) is 11.9. The third-order valence-corrected chi connectivity index (χ3v) is 3.94. The number of hydrogen-bond acceptors (Lipinski definition) is 4. The lowest BCUT2D eigenvalue weighted by Crippen LogP contribution is -2.33. The molecule has 0 bridgehead atoms. The lowest BCUT2D eigenvalue weighted by molar-refractivity contribution is 0.0242. The van der Waals surface area contributed by atoms with Crippen LogP contribution in [0.5, 0.6) is 0 Å². The van der Waals surface area contributed by atoms with Crippen molar-refractivity contribution in [3.63, 3.8) is 0 Å². The maximum atomic E-state index is 12.2. The van der Waals surface area contributed by atoms with E-state index in [2.05, 4.69) is 29.1 Å². The number of anilines is 1. The second-order valence-electron chi connectivity index (χ2n) is 7.28. The molecule has 2 N–H and O–H groups in total. The molecule has 132 valence electrons. The zero-order chi connectivity index (χ0) is 17.9. The molecule has 0 saturated carbocycles. The number of rotatable bonds is 4. The van der Waals surface area contributed by atoms with Crippen LogP contribution in [-0.2, 0) is 24.4 Å². The van der Waals surface area contributed by atoms with Gasteiger partial charge in [-0.3, -0.25) is 4.90 Å². The maximum absolute atomic E-state index is 12.2. The standard InChI is InChI=1S/C20H25N3O2/c1-20(2,3)25-19(24)23-13-16-10-9-15(11-17(16)14-23)12-21-22-18-7-5-4-6-8-18/h4-11,21-22H,12-14H2,1-3H3. The van der Waals surface area contributed by atoms with Gasteiger partial charge in [-0.15, -0.1) is 0 Å². The van der Waals surface area contributed by atoms with E-state index in [1.54, 1.807) is 4.90 Å². The highest BCUT2D eigenvalue weighted by Gasteiger charge is 2.27. The fourth-order valence-electron chi connectivity index (χ4n) is 2.78. The Hall–Kier alpha value is -2.53. The number of fused-ring (bicyclic) bond motifs is 1. The number of hydrogen-bond donors (Lipinski definition) is 2. The average molecular weight is 339 g/mol. The second kappa shape index (κ2) is 7.15. The Morgan fingerprint density at radius 1 is 1.08 bits per heavy atom. The van der Waals surface area contributed by atoms with Crippen LogP contribution in [0.25, 0.3) is 0 Å². The van der Waals surface area contributed by atoms with Crippen LogP contribution in [0.2, 0.25) is 0 Å². The van der Waals surface area contributed by atoms with Crippen LogP contribution >= 0.6 is 0 Å². The summed E-state index contributed by atoms with van der Waals surface area (Å²) in [7, 11) is 0. The SMILES string of the molecule is CC(C)(C)OC(=O)N1Cc2ccc(CNNc3ccccc3)cc2C1. The molecule has 2 aromatic carbocycles. The van der Waals surface area contributed by atoms with Gasteiger partial charge in [-0.05, 0) is 49.6 Å². The van der Waals surface area contributed by atoms with Gasteiger partial charge in [0.1, 0.15) is 5.60 Å². The van der Waals surface area contributed by atoms with Crippen LogP contribution in [0.15, 0.2) is 48.5 Å². The Kier molecular flexibility index (Phi) is 4.95. The van der Waals surface area contributed by atoms with E-state index in [-0.39, 0.29) is 6.09 Å². The first-order valence-corrected chi connectivity index (χ1v) is 8.53. The highest BCUT2D eigenvalue weighted by molar-refractivity contribution is 5.69. The number of nitrogens with zero attached hydrogens (tertiary/aromatic N) is 1. The Morgan fingerprint density at radius 2 is 1.80 bits per heavy atom. The van der Waals surface area contributed by atoms with Crippen molar-refractivity contribution in [3.8, 4) is 0 Å². The molecule has 5 heteroatoms. The van der Waals surface area contributed by atoms with Crippen LogP contribution in [-0.4, -0.2) is 16.6 Å². The third kappa shape index (κ3) is 4.73. The fourth-order valence-corrected chi connectivity index (χ4v) is 2.78. The summed E-state index contributed by atoms with van der Waals surface area (Å²) in [6.07, 6.45) is -0.255. The Bertz CT molecular complexity index is 738. The summed E-state index contributed by atoms with van der Waals surface area (Å²) in [5.41, 5.74) is 10.5. The molecule has 0 radical (unpaired) electrons. The molecule has 0 aromatic heterocycles. The minimum atomic E-state index is -0.468. The molecule has 0 atom stereocenters. The fraction of sp³-hybridized carbons (Fsp3) is 0.350. The molecule has 25 heavy (non-hydrogen) atoms. The number of para-hydroxylation sites is 1. The molecular formula is C20H25N3O2. The van der Waals surface area contributed by atoms with Crippen LogP contribution < -0.4 is 10.9 Å². The molecule has 2 aromatic rings. The summed E-state index contributed by atoms with van der Waals surface area (Å²) in [5.74, 6) is 0. The number of nitrogens with one attached hydrogen (secondary N) is 2.